The number of aromatic hydroxyl groups is 1. The first-order valence-electron chi connectivity index (χ1n) is 5.57. The second kappa shape index (κ2) is 5.09. The number of halogens is 2. The molecule has 2 N–H and O–H groups in total. The molecule has 20 heavy (non-hydrogen) atoms. The van der Waals surface area contributed by atoms with E-state index in [2.05, 4.69) is 4.72 Å². The average Bonchev–Trinajstić information content (AvgIpc) is 2.33. The molecular weight excluding hydrogens is 288 g/mol. The van der Waals surface area contributed by atoms with Crippen molar-refractivity contribution in [2.75, 3.05) is 4.72 Å². The molecule has 0 unspecified atom stereocenters. The van der Waals surface area contributed by atoms with Gasteiger partial charge in [0.15, 0.2) is 11.6 Å². The second-order valence-corrected chi connectivity index (χ2v) is 5.83. The van der Waals surface area contributed by atoms with Crippen molar-refractivity contribution in [2.24, 2.45) is 0 Å². The SMILES string of the molecule is Cc1cc(F)ccc1S(=O)(=O)Nc1ccc(O)c(F)c1. The fourth-order valence-electron chi connectivity index (χ4n) is 1.69. The van der Waals surface area contributed by atoms with Crippen LogP contribution in [0.1, 0.15) is 5.56 Å². The van der Waals surface area contributed by atoms with E-state index in [1.807, 2.05) is 0 Å². The number of hydrogen-bond donors (Lipinski definition) is 2. The molecule has 0 bridgehead atoms. The van der Waals surface area contributed by atoms with Crippen molar-refractivity contribution in [3.05, 3.63) is 53.6 Å². The van der Waals surface area contributed by atoms with Gasteiger partial charge in [-0.15, -0.1) is 0 Å². The number of sulfonamides is 1. The highest BCUT2D eigenvalue weighted by atomic mass is 32.2. The monoisotopic (exact) mass is 299 g/mol. The molecule has 4 nitrogen and oxygen atoms in total. The van der Waals surface area contributed by atoms with Crippen molar-refractivity contribution >= 4 is 15.7 Å². The molecule has 0 atom stereocenters. The minimum Gasteiger partial charge on any atom is -0.505 e. The van der Waals surface area contributed by atoms with E-state index in [1.54, 1.807) is 0 Å². The Morgan fingerprint density at radius 3 is 2.40 bits per heavy atom. The summed E-state index contributed by atoms with van der Waals surface area (Å²) in [5.74, 6) is -2.07. The summed E-state index contributed by atoms with van der Waals surface area (Å²) in [6, 6.07) is 6.35. The molecule has 0 aliphatic carbocycles. The highest BCUT2D eigenvalue weighted by Gasteiger charge is 2.17. The van der Waals surface area contributed by atoms with Crippen molar-refractivity contribution in [3.63, 3.8) is 0 Å². The van der Waals surface area contributed by atoms with Crippen molar-refractivity contribution in [1.29, 1.82) is 0 Å². The molecule has 7 heteroatoms. The van der Waals surface area contributed by atoms with Gasteiger partial charge in [-0.1, -0.05) is 0 Å². The summed E-state index contributed by atoms with van der Waals surface area (Å²) in [6.45, 7) is 1.45. The largest absolute Gasteiger partial charge is 0.505 e. The topological polar surface area (TPSA) is 66.4 Å². The predicted molar refractivity (Wildman–Crippen MR) is 70.0 cm³/mol. The van der Waals surface area contributed by atoms with E-state index >= 15 is 0 Å². The Kier molecular flexibility index (Phi) is 3.63. The van der Waals surface area contributed by atoms with E-state index in [9.17, 15) is 17.2 Å². The van der Waals surface area contributed by atoms with E-state index < -0.39 is 27.4 Å². The third-order valence-electron chi connectivity index (χ3n) is 2.63. The van der Waals surface area contributed by atoms with E-state index in [4.69, 9.17) is 5.11 Å². The van der Waals surface area contributed by atoms with Crippen LogP contribution in [0.4, 0.5) is 14.5 Å². The first-order valence-corrected chi connectivity index (χ1v) is 7.05. The third-order valence-corrected chi connectivity index (χ3v) is 4.17. The Balaban J connectivity index is 2.38. The minimum absolute atomic E-state index is 0.0379. The molecule has 2 aromatic rings. The summed E-state index contributed by atoms with van der Waals surface area (Å²) in [4.78, 5) is -0.104. The van der Waals surface area contributed by atoms with Gasteiger partial charge in [0.1, 0.15) is 5.82 Å². The fourth-order valence-corrected chi connectivity index (χ4v) is 2.97. The molecule has 0 fully saturated rings. The normalized spacial score (nSPS) is 11.3. The maximum absolute atomic E-state index is 13.2. The summed E-state index contributed by atoms with van der Waals surface area (Å²) in [7, 11) is -3.96. The van der Waals surface area contributed by atoms with Gasteiger partial charge in [-0.05, 0) is 42.8 Å². The van der Waals surface area contributed by atoms with Crippen molar-refractivity contribution in [2.45, 2.75) is 11.8 Å². The van der Waals surface area contributed by atoms with Crippen LogP contribution in [0.25, 0.3) is 0 Å². The van der Waals surface area contributed by atoms with Crippen molar-refractivity contribution in [3.8, 4) is 5.75 Å². The van der Waals surface area contributed by atoms with Gasteiger partial charge in [-0.2, -0.15) is 0 Å². The Bertz CT molecular complexity index is 760. The highest BCUT2D eigenvalue weighted by molar-refractivity contribution is 7.92. The highest BCUT2D eigenvalue weighted by Crippen LogP contribution is 2.23. The smallest absolute Gasteiger partial charge is 0.262 e. The molecule has 0 radical (unpaired) electrons. The van der Waals surface area contributed by atoms with E-state index in [-0.39, 0.29) is 16.1 Å². The lowest BCUT2D eigenvalue weighted by molar-refractivity contribution is 0.432. The van der Waals surface area contributed by atoms with Gasteiger partial charge in [0.2, 0.25) is 0 Å². The van der Waals surface area contributed by atoms with Crippen molar-refractivity contribution < 1.29 is 22.3 Å². The van der Waals surface area contributed by atoms with Crippen LogP contribution in [0.2, 0.25) is 0 Å². The van der Waals surface area contributed by atoms with Gasteiger partial charge in [-0.3, -0.25) is 4.72 Å². The molecule has 0 aromatic heterocycles. The molecule has 2 aromatic carbocycles. The lowest BCUT2D eigenvalue weighted by Crippen LogP contribution is -2.14. The average molecular weight is 299 g/mol. The van der Waals surface area contributed by atoms with Crippen LogP contribution < -0.4 is 4.72 Å². The predicted octanol–water partition coefficient (Wildman–Crippen LogP) is 2.78. The van der Waals surface area contributed by atoms with E-state index in [0.717, 1.165) is 30.3 Å². The lowest BCUT2D eigenvalue weighted by Gasteiger charge is -2.10. The van der Waals surface area contributed by atoms with Crippen LogP contribution in [-0.4, -0.2) is 13.5 Å². The molecule has 2 rings (SSSR count). The van der Waals surface area contributed by atoms with Crippen LogP contribution in [0.5, 0.6) is 5.75 Å². The van der Waals surface area contributed by atoms with E-state index in [1.165, 1.54) is 13.0 Å². The first kappa shape index (κ1) is 14.3. The Morgan fingerprint density at radius 2 is 1.80 bits per heavy atom. The number of aryl methyl sites for hydroxylation is 1. The standard InChI is InChI=1S/C13H11F2NO3S/c1-8-6-9(14)2-5-13(8)20(18,19)16-10-3-4-12(17)11(15)7-10/h2-7,16-17H,1H3. The fraction of sp³-hybridized carbons (Fsp3) is 0.0769. The van der Waals surface area contributed by atoms with Gasteiger partial charge in [-0.25, -0.2) is 17.2 Å². The number of benzene rings is 2. The molecular formula is C13H11F2NO3S. The van der Waals surface area contributed by atoms with Crippen LogP contribution in [0, 0.1) is 18.6 Å². The zero-order chi connectivity index (χ0) is 14.9. The molecule has 0 saturated carbocycles. The molecule has 0 heterocycles. The Labute approximate surface area is 114 Å². The quantitative estimate of drug-likeness (QED) is 0.856. The van der Waals surface area contributed by atoms with E-state index in [0.29, 0.717) is 0 Å². The molecule has 0 aliphatic heterocycles. The minimum atomic E-state index is -3.96. The second-order valence-electron chi connectivity index (χ2n) is 4.18. The number of nitrogens with one attached hydrogen (secondary N) is 1. The molecule has 0 amide bonds. The number of rotatable bonds is 3. The molecule has 0 spiro atoms. The maximum Gasteiger partial charge on any atom is 0.262 e. The molecule has 106 valence electrons. The Morgan fingerprint density at radius 1 is 1.10 bits per heavy atom. The van der Waals surface area contributed by atoms with Crippen LogP contribution >= 0.6 is 0 Å². The van der Waals surface area contributed by atoms with Crippen LogP contribution in [0.3, 0.4) is 0 Å². The summed E-state index contributed by atoms with van der Waals surface area (Å²) in [5.41, 5.74) is 0.195. The summed E-state index contributed by atoms with van der Waals surface area (Å²) >= 11 is 0. The van der Waals surface area contributed by atoms with Gasteiger partial charge in [0.05, 0.1) is 10.6 Å². The number of anilines is 1. The van der Waals surface area contributed by atoms with Crippen molar-refractivity contribution in [1.82, 2.24) is 0 Å². The number of phenolic OH excluding ortho intramolecular Hbond substituents is 1. The van der Waals surface area contributed by atoms with Crippen LogP contribution in [-0.2, 0) is 10.0 Å². The Hall–Kier alpha value is -2.15. The number of hydrogen-bond acceptors (Lipinski definition) is 3. The third kappa shape index (κ3) is 2.88. The molecule has 0 saturated heterocycles. The summed E-state index contributed by atoms with van der Waals surface area (Å²) < 4.78 is 52.5. The van der Waals surface area contributed by atoms with Gasteiger partial charge in [0.25, 0.3) is 10.0 Å². The van der Waals surface area contributed by atoms with Crippen LogP contribution in [0.15, 0.2) is 41.3 Å². The van der Waals surface area contributed by atoms with Gasteiger partial charge < -0.3 is 5.11 Å². The maximum atomic E-state index is 13.2. The summed E-state index contributed by atoms with van der Waals surface area (Å²) in [5, 5.41) is 9.04. The molecule has 0 aliphatic rings. The zero-order valence-electron chi connectivity index (χ0n) is 10.4. The van der Waals surface area contributed by atoms with Gasteiger partial charge in [0, 0.05) is 6.07 Å². The summed E-state index contributed by atoms with van der Waals surface area (Å²) in [6.07, 6.45) is 0. The zero-order valence-corrected chi connectivity index (χ0v) is 11.2. The first-order chi connectivity index (χ1) is 9.29. The van der Waals surface area contributed by atoms with Gasteiger partial charge >= 0.3 is 0 Å². The lowest BCUT2D eigenvalue weighted by atomic mass is 10.2. The number of phenols is 1.